The van der Waals surface area contributed by atoms with Crippen LogP contribution in [0.1, 0.15) is 116 Å². The summed E-state index contributed by atoms with van der Waals surface area (Å²) in [6.07, 6.45) is 9.34. The third kappa shape index (κ3) is 8.42. The lowest BCUT2D eigenvalue weighted by atomic mass is 9.83. The van der Waals surface area contributed by atoms with E-state index in [0.717, 1.165) is 105 Å². The number of piperidine rings is 3. The normalized spacial score (nSPS) is 25.0. The second kappa shape index (κ2) is 17.9. The molecule has 380 valence electrons. The van der Waals surface area contributed by atoms with Crippen LogP contribution in [0.3, 0.4) is 0 Å². The number of hydrogen-bond acceptors (Lipinski definition) is 13. The quantitative estimate of drug-likeness (QED) is 0.202. The van der Waals surface area contributed by atoms with Gasteiger partial charge in [-0.05, 0) is 119 Å². The number of nitrogens with one attached hydrogen (secondary N) is 2. The smallest absolute Gasteiger partial charge is 0.274 e. The molecule has 4 atom stereocenters. The topological polar surface area (TPSA) is 189 Å². The number of amides is 5. The number of hydrogen-bond donors (Lipinski definition) is 3. The molecule has 18 nitrogen and oxygen atoms in total. The molecule has 3 unspecified atom stereocenters. The first-order valence-electron chi connectivity index (χ1n) is 25.9. The number of nitrogens with zero attached hydrogens (tertiary/aromatic N) is 9. The van der Waals surface area contributed by atoms with Crippen LogP contribution in [0.4, 0.5) is 28.6 Å². The maximum atomic E-state index is 14.3. The number of pyridine rings is 2. The van der Waals surface area contributed by atoms with Gasteiger partial charge in [0.15, 0.2) is 0 Å². The van der Waals surface area contributed by atoms with Gasteiger partial charge in [-0.2, -0.15) is 0 Å². The van der Waals surface area contributed by atoms with E-state index >= 15 is 0 Å². The number of imide groups is 2. The fourth-order valence-corrected chi connectivity index (χ4v) is 13.2. The Morgan fingerprint density at radius 1 is 0.778 bits per heavy atom. The second-order valence-corrected chi connectivity index (χ2v) is 22.7. The molecule has 18 heteroatoms. The first-order valence-corrected chi connectivity index (χ1v) is 25.9. The molecule has 6 aliphatic heterocycles. The number of piperazine rings is 1. The molecule has 3 aromatic heterocycles. The Morgan fingerprint density at radius 2 is 1.53 bits per heavy atom. The number of aryl methyl sites for hydroxylation is 1. The molecule has 11 rings (SSSR count). The number of aliphatic hydroxyl groups is 1. The molecule has 4 saturated heterocycles. The van der Waals surface area contributed by atoms with Crippen LogP contribution in [0.25, 0.3) is 0 Å². The minimum atomic E-state index is -1.17. The van der Waals surface area contributed by atoms with E-state index < -0.39 is 41.3 Å². The number of fused-ring (bicyclic) bond motifs is 4. The summed E-state index contributed by atoms with van der Waals surface area (Å²) in [5.74, 6) is -1.43. The third-order valence-corrected chi connectivity index (χ3v) is 16.7. The van der Waals surface area contributed by atoms with Crippen LogP contribution < -0.4 is 30.9 Å². The van der Waals surface area contributed by atoms with Gasteiger partial charge in [0, 0.05) is 95.5 Å². The summed E-state index contributed by atoms with van der Waals surface area (Å²) in [5, 5.41) is 17.5. The van der Waals surface area contributed by atoms with Crippen molar-refractivity contribution in [2.75, 3.05) is 65.8 Å². The zero-order chi connectivity index (χ0) is 50.5. The summed E-state index contributed by atoms with van der Waals surface area (Å²) in [4.78, 5) is 96.2. The number of carbonyl (C=O) groups is 5. The van der Waals surface area contributed by atoms with Crippen molar-refractivity contribution >= 4 is 58.1 Å². The Labute approximate surface area is 419 Å². The SMILES string of the molecule is C[C@H]1CN(C2CCN(c3ccc4c(c3)C(=O)N(C3CCC(=O)NC3=O)C4=O)CC2)CCN1c1ccc(Nc2cc(N3CCCC(N4CCn5c(cc6c5CC(C)(C)C6)C4=O)C3C(C)(C)O)cn(C)c2=O)nc1. The first-order chi connectivity index (χ1) is 34.3. The summed E-state index contributed by atoms with van der Waals surface area (Å²) >= 11 is 0. The number of aromatic nitrogens is 3. The van der Waals surface area contributed by atoms with Crippen molar-refractivity contribution in [2.24, 2.45) is 12.5 Å². The van der Waals surface area contributed by atoms with E-state index in [1.54, 1.807) is 23.7 Å². The van der Waals surface area contributed by atoms with Crippen molar-refractivity contribution in [3.63, 3.8) is 0 Å². The highest BCUT2D eigenvalue weighted by Crippen LogP contribution is 2.41. The summed E-state index contributed by atoms with van der Waals surface area (Å²) in [6, 6.07) is 12.3. The average molecular weight is 982 g/mol. The van der Waals surface area contributed by atoms with Crippen molar-refractivity contribution in [2.45, 2.75) is 128 Å². The van der Waals surface area contributed by atoms with Crippen LogP contribution in [0.2, 0.25) is 0 Å². The Bertz CT molecular complexity index is 2930. The van der Waals surface area contributed by atoms with Crippen LogP contribution in [0.5, 0.6) is 0 Å². The van der Waals surface area contributed by atoms with E-state index in [1.165, 1.54) is 11.3 Å². The van der Waals surface area contributed by atoms with E-state index in [9.17, 15) is 33.9 Å². The lowest BCUT2D eigenvalue weighted by molar-refractivity contribution is -0.136. The van der Waals surface area contributed by atoms with Gasteiger partial charge in [-0.15, -0.1) is 0 Å². The van der Waals surface area contributed by atoms with Crippen molar-refractivity contribution in [3.8, 4) is 0 Å². The van der Waals surface area contributed by atoms with Gasteiger partial charge in [0.2, 0.25) is 11.8 Å². The molecule has 9 heterocycles. The monoisotopic (exact) mass is 982 g/mol. The molecule has 72 heavy (non-hydrogen) atoms. The Hall–Kier alpha value is -6.53. The molecule has 1 aliphatic carbocycles. The van der Waals surface area contributed by atoms with Crippen molar-refractivity contribution < 1.29 is 29.1 Å². The van der Waals surface area contributed by atoms with E-state index in [0.29, 0.717) is 36.2 Å². The lowest BCUT2D eigenvalue weighted by Crippen LogP contribution is -2.65. The largest absolute Gasteiger partial charge is 0.388 e. The standard InChI is InChI=1S/C54H67N11O7/c1-32-30-60(34-15-18-59(19-16-34)35-9-11-38-39(25-35)50(69)65(49(38)68)42-12-14-46(66)57-48(42)67)20-21-61(32)36-10-13-45(55-29-36)56-40-26-37(31-58(6)51(40)70)62-17-7-8-41(47(62)54(4,5)72)64-23-22-63-43(52(64)71)24-33-27-53(2,3)28-44(33)63/h9-11,13,24-26,29,31-32,34,41-42,47,72H,7-8,12,14-23,27-28,30H2,1-6H3,(H,55,56)(H,57,66,67)/t32-,41?,42?,47?/m0/s1. The van der Waals surface area contributed by atoms with E-state index in [-0.39, 0.29) is 47.4 Å². The molecule has 0 radical (unpaired) electrons. The molecule has 4 aromatic rings. The van der Waals surface area contributed by atoms with Crippen molar-refractivity contribution in [1.29, 1.82) is 0 Å². The maximum Gasteiger partial charge on any atom is 0.274 e. The van der Waals surface area contributed by atoms with Gasteiger partial charge in [-0.1, -0.05) is 13.8 Å². The molecule has 0 saturated carbocycles. The van der Waals surface area contributed by atoms with Crippen LogP contribution in [0.15, 0.2) is 59.7 Å². The van der Waals surface area contributed by atoms with Crippen LogP contribution >= 0.6 is 0 Å². The van der Waals surface area contributed by atoms with Gasteiger partial charge in [0.05, 0.1) is 46.4 Å². The lowest BCUT2D eigenvalue weighted by Gasteiger charge is -2.52. The van der Waals surface area contributed by atoms with Crippen LogP contribution in [0, 0.1) is 5.41 Å². The van der Waals surface area contributed by atoms with E-state index in [2.05, 4.69) is 67.7 Å². The highest BCUT2D eigenvalue weighted by atomic mass is 16.3. The van der Waals surface area contributed by atoms with Gasteiger partial charge < -0.3 is 39.2 Å². The fraction of sp³-hybridized carbons (Fsp3) is 0.537. The Morgan fingerprint density at radius 3 is 2.25 bits per heavy atom. The molecule has 5 amide bonds. The summed E-state index contributed by atoms with van der Waals surface area (Å²) in [7, 11) is 1.74. The summed E-state index contributed by atoms with van der Waals surface area (Å²) in [5.41, 5.74) is 5.79. The maximum absolute atomic E-state index is 14.3. The van der Waals surface area contributed by atoms with Crippen LogP contribution in [-0.4, -0.2) is 145 Å². The number of anilines is 5. The minimum absolute atomic E-state index is 0.0271. The van der Waals surface area contributed by atoms with Crippen molar-refractivity contribution in [1.82, 2.24) is 34.1 Å². The van der Waals surface area contributed by atoms with Gasteiger partial charge in [-0.25, -0.2) is 4.98 Å². The number of carbonyl (C=O) groups excluding carboxylic acids is 5. The molecule has 4 fully saturated rings. The second-order valence-electron chi connectivity index (χ2n) is 22.7. The molecule has 0 bridgehead atoms. The van der Waals surface area contributed by atoms with Gasteiger partial charge in [-0.3, -0.25) is 43.9 Å². The molecular weight excluding hydrogens is 915 g/mol. The first kappa shape index (κ1) is 47.8. The van der Waals surface area contributed by atoms with Gasteiger partial charge in [0.1, 0.15) is 23.2 Å². The summed E-state index contributed by atoms with van der Waals surface area (Å²) in [6.45, 7) is 16.7. The zero-order valence-corrected chi connectivity index (χ0v) is 42.3. The number of rotatable bonds is 9. The molecule has 7 aliphatic rings. The molecule has 0 spiro atoms. The fourth-order valence-electron chi connectivity index (χ4n) is 13.2. The molecule has 3 N–H and O–H groups in total. The van der Waals surface area contributed by atoms with E-state index in [1.807, 2.05) is 49.3 Å². The predicted molar refractivity (Wildman–Crippen MR) is 273 cm³/mol. The molecular formula is C54H67N11O7. The Balaban J connectivity index is 0.715. The number of benzene rings is 1. The van der Waals surface area contributed by atoms with Crippen molar-refractivity contribution in [3.05, 3.63) is 93.3 Å². The van der Waals surface area contributed by atoms with Crippen LogP contribution in [-0.2, 0) is 36.0 Å². The van der Waals surface area contributed by atoms with Gasteiger partial charge >= 0.3 is 0 Å². The summed E-state index contributed by atoms with van der Waals surface area (Å²) < 4.78 is 3.81. The van der Waals surface area contributed by atoms with E-state index in [4.69, 9.17) is 4.98 Å². The highest BCUT2D eigenvalue weighted by molar-refractivity contribution is 6.23. The molecule has 1 aromatic carbocycles. The average Bonchev–Trinajstić information content (AvgIpc) is 3.93. The highest BCUT2D eigenvalue weighted by Gasteiger charge is 2.48. The Kier molecular flexibility index (Phi) is 11.9. The zero-order valence-electron chi connectivity index (χ0n) is 42.3. The van der Waals surface area contributed by atoms with Gasteiger partial charge in [0.25, 0.3) is 23.3 Å². The third-order valence-electron chi connectivity index (χ3n) is 16.7. The predicted octanol–water partition coefficient (Wildman–Crippen LogP) is 4.30. The minimum Gasteiger partial charge on any atom is -0.388 e.